The molecule has 1 aromatic heterocycles. The summed E-state index contributed by atoms with van der Waals surface area (Å²) in [6.07, 6.45) is 2.00. The van der Waals surface area contributed by atoms with Crippen LogP contribution < -0.4 is 0 Å². The van der Waals surface area contributed by atoms with E-state index in [1.165, 1.54) is 0 Å². The molecule has 1 aliphatic rings. The van der Waals surface area contributed by atoms with Gasteiger partial charge in [-0.05, 0) is 58.7 Å². The Bertz CT molecular complexity index is 471. The largest absolute Gasteiger partial charge is 0.396 e. The van der Waals surface area contributed by atoms with Crippen molar-refractivity contribution in [3.63, 3.8) is 0 Å². The number of likely N-dealkylation sites (tertiary alicyclic amines) is 1. The Morgan fingerprint density at radius 3 is 2.50 bits per heavy atom. The van der Waals surface area contributed by atoms with Crippen molar-refractivity contribution in [2.45, 2.75) is 40.2 Å². The van der Waals surface area contributed by atoms with Gasteiger partial charge in [0.05, 0.1) is 6.54 Å². The number of aliphatic hydroxyl groups is 1. The van der Waals surface area contributed by atoms with Crippen LogP contribution in [0.2, 0.25) is 0 Å². The lowest BCUT2D eigenvalue weighted by Gasteiger charge is -2.30. The number of aryl methyl sites for hydroxylation is 1. The van der Waals surface area contributed by atoms with Gasteiger partial charge in [0.1, 0.15) is 0 Å². The van der Waals surface area contributed by atoms with Crippen LogP contribution in [0.4, 0.5) is 0 Å². The number of hydrogen-bond donors (Lipinski definition) is 1. The minimum atomic E-state index is 0.222. The molecule has 112 valence electrons. The molecular weight excluding hydrogens is 252 g/mol. The lowest BCUT2D eigenvalue weighted by Crippen LogP contribution is -2.38. The maximum absolute atomic E-state index is 12.5. The van der Waals surface area contributed by atoms with Crippen LogP contribution in [0.1, 0.15) is 41.5 Å². The molecule has 20 heavy (non-hydrogen) atoms. The molecule has 0 aliphatic carbocycles. The van der Waals surface area contributed by atoms with Gasteiger partial charge in [-0.25, -0.2) is 0 Å². The minimum absolute atomic E-state index is 0.222. The average molecular weight is 278 g/mol. The standard InChI is InChI=1S/C16H26N2O2/c1-4-18-12(2)9-15(13(18)3)16(20)10-17-7-5-14(11-19)6-8-17/h9,14,19H,4-8,10-11H2,1-3H3. The summed E-state index contributed by atoms with van der Waals surface area (Å²) in [4.78, 5) is 14.7. The molecule has 1 saturated heterocycles. The van der Waals surface area contributed by atoms with Crippen LogP contribution >= 0.6 is 0 Å². The van der Waals surface area contributed by atoms with Crippen molar-refractivity contribution in [2.24, 2.45) is 5.92 Å². The molecule has 0 atom stereocenters. The molecule has 2 heterocycles. The van der Waals surface area contributed by atoms with E-state index in [-0.39, 0.29) is 12.4 Å². The summed E-state index contributed by atoms with van der Waals surface area (Å²) < 4.78 is 2.19. The Morgan fingerprint density at radius 1 is 1.35 bits per heavy atom. The molecule has 1 N–H and O–H groups in total. The Hall–Kier alpha value is -1.13. The second-order valence-electron chi connectivity index (χ2n) is 5.85. The first-order valence-electron chi connectivity index (χ1n) is 7.60. The molecule has 1 fully saturated rings. The van der Waals surface area contributed by atoms with Crippen molar-refractivity contribution in [1.29, 1.82) is 0 Å². The Labute approximate surface area is 121 Å². The van der Waals surface area contributed by atoms with Gasteiger partial charge in [0.15, 0.2) is 5.78 Å². The van der Waals surface area contributed by atoms with Gasteiger partial charge in [-0.2, -0.15) is 0 Å². The van der Waals surface area contributed by atoms with Gasteiger partial charge < -0.3 is 9.67 Å². The van der Waals surface area contributed by atoms with Gasteiger partial charge in [-0.3, -0.25) is 9.69 Å². The number of aromatic nitrogens is 1. The van der Waals surface area contributed by atoms with E-state index in [9.17, 15) is 4.79 Å². The fraction of sp³-hybridized carbons (Fsp3) is 0.688. The monoisotopic (exact) mass is 278 g/mol. The van der Waals surface area contributed by atoms with E-state index in [0.29, 0.717) is 12.5 Å². The summed E-state index contributed by atoms with van der Waals surface area (Å²) >= 11 is 0. The van der Waals surface area contributed by atoms with Crippen LogP contribution in [0.3, 0.4) is 0 Å². The van der Waals surface area contributed by atoms with Gasteiger partial charge >= 0.3 is 0 Å². The van der Waals surface area contributed by atoms with Crippen molar-refractivity contribution in [2.75, 3.05) is 26.2 Å². The third-order valence-corrected chi connectivity index (χ3v) is 4.52. The highest BCUT2D eigenvalue weighted by molar-refractivity contribution is 5.99. The summed E-state index contributed by atoms with van der Waals surface area (Å²) in [6, 6.07) is 2.02. The topological polar surface area (TPSA) is 45.5 Å². The zero-order valence-corrected chi connectivity index (χ0v) is 12.9. The van der Waals surface area contributed by atoms with E-state index in [1.54, 1.807) is 0 Å². The van der Waals surface area contributed by atoms with Crippen LogP contribution in [0.15, 0.2) is 6.07 Å². The molecule has 2 rings (SSSR count). The highest BCUT2D eigenvalue weighted by Gasteiger charge is 2.22. The van der Waals surface area contributed by atoms with E-state index in [1.807, 2.05) is 13.0 Å². The summed E-state index contributed by atoms with van der Waals surface area (Å²) in [5, 5.41) is 9.15. The van der Waals surface area contributed by atoms with Gasteiger partial charge in [0.25, 0.3) is 0 Å². The van der Waals surface area contributed by atoms with E-state index in [2.05, 4.69) is 23.3 Å². The molecule has 1 aliphatic heterocycles. The molecule has 0 amide bonds. The Balaban J connectivity index is 1.99. The van der Waals surface area contributed by atoms with E-state index >= 15 is 0 Å². The first-order valence-corrected chi connectivity index (χ1v) is 7.60. The number of ketones is 1. The molecule has 0 saturated carbocycles. The second-order valence-corrected chi connectivity index (χ2v) is 5.85. The molecule has 0 bridgehead atoms. The van der Waals surface area contributed by atoms with Crippen molar-refractivity contribution in [1.82, 2.24) is 9.47 Å². The lowest BCUT2D eigenvalue weighted by atomic mass is 9.97. The third-order valence-electron chi connectivity index (χ3n) is 4.52. The summed E-state index contributed by atoms with van der Waals surface area (Å²) in [7, 11) is 0. The summed E-state index contributed by atoms with van der Waals surface area (Å²) in [5.41, 5.74) is 3.11. The van der Waals surface area contributed by atoms with E-state index in [4.69, 9.17) is 5.11 Å². The molecular formula is C16H26N2O2. The predicted octanol–water partition coefficient (Wildman–Crippen LogP) is 2.01. The SMILES string of the molecule is CCn1c(C)cc(C(=O)CN2CCC(CO)CC2)c1C. The second kappa shape index (κ2) is 6.55. The quantitative estimate of drug-likeness (QED) is 0.838. The maximum atomic E-state index is 12.5. The van der Waals surface area contributed by atoms with Crippen LogP contribution in [-0.4, -0.2) is 46.6 Å². The van der Waals surface area contributed by atoms with Gasteiger partial charge in [0, 0.05) is 30.1 Å². The highest BCUT2D eigenvalue weighted by Crippen LogP contribution is 2.19. The normalized spacial score (nSPS) is 17.6. The summed E-state index contributed by atoms with van der Waals surface area (Å²) in [5.74, 6) is 0.645. The van der Waals surface area contributed by atoms with Crippen molar-refractivity contribution in [3.05, 3.63) is 23.0 Å². The van der Waals surface area contributed by atoms with E-state index < -0.39 is 0 Å². The van der Waals surface area contributed by atoms with Crippen LogP contribution in [-0.2, 0) is 6.54 Å². The number of Topliss-reactive ketones (excluding diaryl/α,β-unsaturated/α-hetero) is 1. The molecule has 4 nitrogen and oxygen atoms in total. The van der Waals surface area contributed by atoms with E-state index in [0.717, 1.165) is 49.4 Å². The average Bonchev–Trinajstić information content (AvgIpc) is 2.74. The highest BCUT2D eigenvalue weighted by atomic mass is 16.3. The van der Waals surface area contributed by atoms with Crippen molar-refractivity contribution in [3.8, 4) is 0 Å². The number of carbonyl (C=O) groups is 1. The smallest absolute Gasteiger partial charge is 0.178 e. The Kier molecular flexibility index (Phi) is 5.00. The maximum Gasteiger partial charge on any atom is 0.178 e. The Morgan fingerprint density at radius 2 is 2.00 bits per heavy atom. The van der Waals surface area contributed by atoms with Crippen molar-refractivity contribution >= 4 is 5.78 Å². The lowest BCUT2D eigenvalue weighted by molar-refractivity contribution is 0.0863. The zero-order chi connectivity index (χ0) is 14.7. The fourth-order valence-electron chi connectivity index (χ4n) is 3.19. The first-order chi connectivity index (χ1) is 9.56. The first kappa shape index (κ1) is 15.3. The molecule has 0 radical (unpaired) electrons. The van der Waals surface area contributed by atoms with Gasteiger partial charge in [-0.15, -0.1) is 0 Å². The molecule has 0 spiro atoms. The number of nitrogens with zero attached hydrogens (tertiary/aromatic N) is 2. The number of aliphatic hydroxyl groups excluding tert-OH is 1. The van der Waals surface area contributed by atoms with Crippen LogP contribution in [0.5, 0.6) is 0 Å². The predicted molar refractivity (Wildman–Crippen MR) is 80.2 cm³/mol. The van der Waals surface area contributed by atoms with Crippen molar-refractivity contribution < 1.29 is 9.90 Å². The van der Waals surface area contributed by atoms with Crippen LogP contribution in [0, 0.1) is 19.8 Å². The third kappa shape index (κ3) is 3.13. The summed E-state index contributed by atoms with van der Waals surface area (Å²) in [6.45, 7) is 9.72. The molecule has 0 aromatic carbocycles. The zero-order valence-electron chi connectivity index (χ0n) is 12.9. The minimum Gasteiger partial charge on any atom is -0.396 e. The van der Waals surface area contributed by atoms with Gasteiger partial charge in [-0.1, -0.05) is 0 Å². The van der Waals surface area contributed by atoms with Gasteiger partial charge in [0.2, 0.25) is 0 Å². The molecule has 4 heteroatoms. The number of piperidine rings is 1. The fourth-order valence-corrected chi connectivity index (χ4v) is 3.19. The molecule has 0 unspecified atom stereocenters. The number of carbonyl (C=O) groups excluding carboxylic acids is 1. The molecule has 1 aromatic rings. The number of rotatable bonds is 5. The van der Waals surface area contributed by atoms with Crippen LogP contribution in [0.25, 0.3) is 0 Å². The number of hydrogen-bond acceptors (Lipinski definition) is 3.